The molecule has 0 unspecified atom stereocenters. The first-order chi connectivity index (χ1) is 13.0. The number of carbonyl (C=O) groups excluding carboxylic acids is 1. The summed E-state index contributed by atoms with van der Waals surface area (Å²) in [5.74, 6) is 0.362. The molecule has 2 heterocycles. The van der Waals surface area contributed by atoms with Crippen LogP contribution in [0.2, 0.25) is 0 Å². The molecule has 0 bridgehead atoms. The van der Waals surface area contributed by atoms with Crippen LogP contribution >= 0.6 is 0 Å². The van der Waals surface area contributed by atoms with Gasteiger partial charge in [0, 0.05) is 11.9 Å². The van der Waals surface area contributed by atoms with Crippen LogP contribution in [0.5, 0.6) is 0 Å². The molecule has 1 atom stereocenters. The van der Waals surface area contributed by atoms with E-state index in [2.05, 4.69) is 5.32 Å². The maximum Gasteiger partial charge on any atom is 0.236 e. The van der Waals surface area contributed by atoms with Crippen molar-refractivity contribution < 1.29 is 17.6 Å². The van der Waals surface area contributed by atoms with Crippen molar-refractivity contribution in [1.29, 1.82) is 0 Å². The molecule has 1 aliphatic rings. The Labute approximate surface area is 157 Å². The summed E-state index contributed by atoms with van der Waals surface area (Å²) in [6.45, 7) is 0.211. The smallest absolute Gasteiger partial charge is 0.236 e. The largest absolute Gasteiger partial charge is 0.459 e. The lowest BCUT2D eigenvalue weighted by atomic mass is 10.0. The van der Waals surface area contributed by atoms with Crippen LogP contribution < -0.4 is 5.32 Å². The second-order valence-electron chi connectivity index (χ2n) is 6.60. The van der Waals surface area contributed by atoms with E-state index >= 15 is 0 Å². The zero-order chi connectivity index (χ0) is 18.9. The van der Waals surface area contributed by atoms with E-state index in [1.807, 2.05) is 60.7 Å². The Morgan fingerprint density at radius 3 is 2.56 bits per heavy atom. The topological polar surface area (TPSA) is 79.6 Å². The fraction of sp³-hybridized carbons (Fsp3) is 0.250. The molecule has 1 aliphatic heterocycles. The number of sulfonamides is 1. The number of furan rings is 1. The Hall–Kier alpha value is -2.64. The van der Waals surface area contributed by atoms with Crippen LogP contribution in [0, 0.1) is 0 Å². The number of hydrogen-bond acceptors (Lipinski definition) is 4. The zero-order valence-corrected chi connectivity index (χ0v) is 15.5. The van der Waals surface area contributed by atoms with Crippen molar-refractivity contribution in [1.82, 2.24) is 9.62 Å². The van der Waals surface area contributed by atoms with Crippen molar-refractivity contribution in [2.24, 2.45) is 0 Å². The van der Waals surface area contributed by atoms with Gasteiger partial charge >= 0.3 is 0 Å². The SMILES string of the molecule is O=C(CN1CCCS1(=O)=O)N[C@@H](c1ccccc1)c1cc2ccccc2o1. The van der Waals surface area contributed by atoms with Crippen LogP contribution in [0.1, 0.15) is 23.8 Å². The summed E-state index contributed by atoms with van der Waals surface area (Å²) in [7, 11) is -3.32. The summed E-state index contributed by atoms with van der Waals surface area (Å²) >= 11 is 0. The summed E-state index contributed by atoms with van der Waals surface area (Å²) in [5, 5.41) is 3.89. The van der Waals surface area contributed by atoms with Gasteiger partial charge in [0.15, 0.2) is 0 Å². The van der Waals surface area contributed by atoms with Crippen molar-refractivity contribution in [2.45, 2.75) is 12.5 Å². The number of rotatable bonds is 5. The highest BCUT2D eigenvalue weighted by Gasteiger charge is 2.31. The molecule has 1 saturated heterocycles. The number of hydrogen-bond donors (Lipinski definition) is 1. The fourth-order valence-corrected chi connectivity index (χ4v) is 4.82. The van der Waals surface area contributed by atoms with Crippen LogP contribution in [0.4, 0.5) is 0 Å². The van der Waals surface area contributed by atoms with Crippen molar-refractivity contribution >= 4 is 26.9 Å². The maximum atomic E-state index is 12.6. The molecular formula is C20H20N2O4S. The van der Waals surface area contributed by atoms with Crippen LogP contribution in [0.3, 0.4) is 0 Å². The minimum absolute atomic E-state index is 0.103. The average molecular weight is 384 g/mol. The Bertz CT molecular complexity index is 1030. The molecule has 3 aromatic rings. The molecule has 1 fully saturated rings. The number of nitrogens with zero attached hydrogens (tertiary/aromatic N) is 1. The Balaban J connectivity index is 1.61. The van der Waals surface area contributed by atoms with Gasteiger partial charge in [0.25, 0.3) is 0 Å². The van der Waals surface area contributed by atoms with E-state index in [1.54, 1.807) is 0 Å². The fourth-order valence-electron chi connectivity index (χ4n) is 3.34. The zero-order valence-electron chi connectivity index (χ0n) is 14.7. The van der Waals surface area contributed by atoms with Crippen LogP contribution in [0.15, 0.2) is 65.1 Å². The van der Waals surface area contributed by atoms with Gasteiger partial charge in [0.2, 0.25) is 15.9 Å². The van der Waals surface area contributed by atoms with E-state index in [1.165, 1.54) is 4.31 Å². The monoisotopic (exact) mass is 384 g/mol. The number of amides is 1. The van der Waals surface area contributed by atoms with Crippen molar-refractivity contribution in [3.05, 3.63) is 72.0 Å². The molecule has 140 valence electrons. The molecule has 2 aromatic carbocycles. The average Bonchev–Trinajstić information content (AvgIpc) is 3.23. The number of fused-ring (bicyclic) bond motifs is 1. The van der Waals surface area contributed by atoms with Gasteiger partial charge in [-0.25, -0.2) is 8.42 Å². The van der Waals surface area contributed by atoms with Crippen molar-refractivity contribution in [3.8, 4) is 0 Å². The lowest BCUT2D eigenvalue weighted by molar-refractivity contribution is -0.121. The predicted octanol–water partition coefficient (Wildman–Crippen LogP) is 2.67. The van der Waals surface area contributed by atoms with Crippen LogP contribution in [0.25, 0.3) is 11.0 Å². The molecule has 0 aliphatic carbocycles. The standard InChI is InChI=1S/C20H20N2O4S/c23-19(14-22-11-6-12-27(22,24)25)21-20(15-7-2-1-3-8-15)18-13-16-9-4-5-10-17(16)26-18/h1-5,7-10,13,20H,6,11-12,14H2,(H,21,23)/t20-/m0/s1. The number of nitrogens with one attached hydrogen (secondary N) is 1. The summed E-state index contributed by atoms with van der Waals surface area (Å²) in [4.78, 5) is 12.6. The predicted molar refractivity (Wildman–Crippen MR) is 103 cm³/mol. The molecule has 7 heteroatoms. The minimum Gasteiger partial charge on any atom is -0.459 e. The highest BCUT2D eigenvalue weighted by Crippen LogP contribution is 2.28. The first-order valence-electron chi connectivity index (χ1n) is 8.83. The molecule has 27 heavy (non-hydrogen) atoms. The van der Waals surface area contributed by atoms with Crippen molar-refractivity contribution in [3.63, 3.8) is 0 Å². The Morgan fingerprint density at radius 1 is 1.11 bits per heavy atom. The van der Waals surface area contributed by atoms with Gasteiger partial charge in [-0.1, -0.05) is 48.5 Å². The van der Waals surface area contributed by atoms with Gasteiger partial charge in [0.05, 0.1) is 12.3 Å². The van der Waals surface area contributed by atoms with Gasteiger partial charge in [-0.3, -0.25) is 4.79 Å². The quantitative estimate of drug-likeness (QED) is 0.733. The molecule has 0 spiro atoms. The van der Waals surface area contributed by atoms with Gasteiger partial charge in [-0.2, -0.15) is 4.31 Å². The second-order valence-corrected chi connectivity index (χ2v) is 8.69. The second kappa shape index (κ2) is 7.17. The molecule has 1 amide bonds. The Kier molecular flexibility index (Phi) is 4.72. The van der Waals surface area contributed by atoms with E-state index < -0.39 is 16.1 Å². The van der Waals surface area contributed by atoms with Crippen molar-refractivity contribution in [2.75, 3.05) is 18.8 Å². The highest BCUT2D eigenvalue weighted by atomic mass is 32.2. The molecule has 0 saturated carbocycles. The third kappa shape index (κ3) is 3.74. The number of para-hydroxylation sites is 1. The van der Waals surface area contributed by atoms with E-state index in [9.17, 15) is 13.2 Å². The summed E-state index contributed by atoms with van der Waals surface area (Å²) in [5.41, 5.74) is 1.61. The first kappa shape index (κ1) is 17.8. The molecular weight excluding hydrogens is 364 g/mol. The van der Waals surface area contributed by atoms with Gasteiger partial charge in [-0.15, -0.1) is 0 Å². The summed E-state index contributed by atoms with van der Waals surface area (Å²) in [6, 6.07) is 18.6. The van der Waals surface area contributed by atoms with Gasteiger partial charge in [0.1, 0.15) is 17.4 Å². The molecule has 6 nitrogen and oxygen atoms in total. The van der Waals surface area contributed by atoms with Gasteiger partial charge in [-0.05, 0) is 24.1 Å². The third-order valence-electron chi connectivity index (χ3n) is 4.69. The maximum absolute atomic E-state index is 12.6. The first-order valence-corrected chi connectivity index (χ1v) is 10.4. The lowest BCUT2D eigenvalue weighted by Gasteiger charge is -2.19. The molecule has 4 rings (SSSR count). The van der Waals surface area contributed by atoms with Gasteiger partial charge < -0.3 is 9.73 Å². The summed E-state index contributed by atoms with van der Waals surface area (Å²) in [6.07, 6.45) is 0.557. The molecule has 1 N–H and O–H groups in total. The van der Waals surface area contributed by atoms with E-state index in [-0.39, 0.29) is 18.2 Å². The molecule has 1 aromatic heterocycles. The highest BCUT2D eigenvalue weighted by molar-refractivity contribution is 7.89. The van der Waals surface area contributed by atoms with E-state index in [4.69, 9.17) is 4.42 Å². The van der Waals surface area contributed by atoms with E-state index in [0.29, 0.717) is 18.7 Å². The molecule has 0 radical (unpaired) electrons. The van der Waals surface area contributed by atoms with E-state index in [0.717, 1.165) is 16.5 Å². The minimum atomic E-state index is -3.32. The third-order valence-corrected chi connectivity index (χ3v) is 6.59. The van der Waals surface area contributed by atoms with Crippen LogP contribution in [-0.4, -0.2) is 37.5 Å². The van der Waals surface area contributed by atoms with Crippen LogP contribution in [-0.2, 0) is 14.8 Å². The normalized spacial score (nSPS) is 17.8. The summed E-state index contributed by atoms with van der Waals surface area (Å²) < 4.78 is 31.1. The number of benzene rings is 2. The lowest BCUT2D eigenvalue weighted by Crippen LogP contribution is -2.39. The number of carbonyl (C=O) groups is 1. The Morgan fingerprint density at radius 2 is 1.85 bits per heavy atom.